The molecule has 34 heavy (non-hydrogen) atoms. The molecule has 2 heterocycles. The smallest absolute Gasteiger partial charge is 0.400 e. The number of carbonyl (C=O) groups excluding carboxylic acids is 1. The Morgan fingerprint density at radius 1 is 1.06 bits per heavy atom. The highest BCUT2D eigenvalue weighted by atomic mass is 32.3. The average molecular weight is 521 g/mol. The van der Waals surface area contributed by atoms with E-state index in [4.69, 9.17) is 23.7 Å². The zero-order valence-electron chi connectivity index (χ0n) is 18.1. The lowest BCUT2D eigenvalue weighted by molar-refractivity contribution is -0.419. The molecule has 18 heteroatoms. The molecule has 2 aliphatic rings. The number of ether oxygens (including phenoxy) is 5. The number of hydrogen-bond donors (Lipinski definition) is 7. The fourth-order valence-corrected chi connectivity index (χ4v) is 4.27. The molecule has 0 saturated carbocycles. The summed E-state index contributed by atoms with van der Waals surface area (Å²) in [6.07, 6.45) is -15.8. The minimum Gasteiger partial charge on any atom is -0.479 e. The van der Waals surface area contributed by atoms with E-state index >= 15 is 0 Å². The first-order valence-electron chi connectivity index (χ1n) is 9.59. The predicted octanol–water partition coefficient (Wildman–Crippen LogP) is -4.71. The van der Waals surface area contributed by atoms with Crippen LogP contribution in [0.3, 0.4) is 0 Å². The molecule has 1 amide bonds. The van der Waals surface area contributed by atoms with Crippen molar-refractivity contribution in [1.82, 2.24) is 5.32 Å². The molecule has 0 aromatic heterocycles. The van der Waals surface area contributed by atoms with Crippen LogP contribution in [0.2, 0.25) is 0 Å². The second-order valence-electron chi connectivity index (χ2n) is 7.38. The molecule has 0 aromatic carbocycles. The number of methoxy groups -OCH3 is 2. The lowest BCUT2D eigenvalue weighted by Crippen LogP contribution is -2.75. The maximum Gasteiger partial charge on any atom is 0.400 e. The van der Waals surface area contributed by atoms with Crippen molar-refractivity contribution in [2.24, 2.45) is 0 Å². The Kier molecular flexibility index (Phi) is 9.29. The number of carboxylic acid groups (broad SMARTS) is 1. The van der Waals surface area contributed by atoms with E-state index in [9.17, 15) is 48.1 Å². The third-order valence-corrected chi connectivity index (χ3v) is 5.63. The van der Waals surface area contributed by atoms with Gasteiger partial charge >= 0.3 is 16.4 Å². The van der Waals surface area contributed by atoms with Gasteiger partial charge in [0.05, 0.1) is 6.61 Å². The van der Waals surface area contributed by atoms with Crippen LogP contribution in [-0.2, 0) is 47.9 Å². The molecule has 2 rings (SSSR count). The maximum absolute atomic E-state index is 11.7. The molecular formula is C16H27NO16S. The second kappa shape index (κ2) is 11.0. The Morgan fingerprint density at radius 2 is 1.68 bits per heavy atom. The van der Waals surface area contributed by atoms with Crippen molar-refractivity contribution in [2.75, 3.05) is 20.8 Å². The summed E-state index contributed by atoms with van der Waals surface area (Å²) in [6.45, 7) is -0.135. The number of aliphatic hydroxyl groups excluding tert-OH is 4. The van der Waals surface area contributed by atoms with Crippen LogP contribution in [0.15, 0.2) is 0 Å². The third kappa shape index (κ3) is 5.80. The number of rotatable bonds is 9. The van der Waals surface area contributed by atoms with E-state index in [1.54, 1.807) is 0 Å². The van der Waals surface area contributed by atoms with E-state index in [1.165, 1.54) is 0 Å². The number of aliphatic hydroxyl groups is 4. The zero-order chi connectivity index (χ0) is 26.0. The van der Waals surface area contributed by atoms with E-state index in [0.29, 0.717) is 0 Å². The Hall–Kier alpha value is -1.55. The zero-order valence-corrected chi connectivity index (χ0v) is 18.9. The molecule has 0 aromatic rings. The molecule has 7 N–H and O–H groups in total. The number of hydrogen-bond acceptors (Lipinski definition) is 14. The average Bonchev–Trinajstić information content (AvgIpc) is 2.73. The topological polar surface area (TPSA) is 257 Å². The summed E-state index contributed by atoms with van der Waals surface area (Å²) in [7, 11) is -3.42. The highest BCUT2D eigenvalue weighted by Crippen LogP contribution is 2.39. The molecule has 2 aliphatic heterocycles. The summed E-state index contributed by atoms with van der Waals surface area (Å²) < 4.78 is 62.8. The van der Waals surface area contributed by atoms with E-state index in [2.05, 4.69) is 9.50 Å². The Balaban J connectivity index is 2.57. The van der Waals surface area contributed by atoms with E-state index in [1.807, 2.05) is 0 Å². The SMILES string of the molecule is CO[C@@H]1OC(CO)[C@](O[C@@H]2OC(C(=O)O)[C@@H](OC)[C@H](O)C2O)(OS(=O)(=O)O)[C@H](O)C1NC(C)=O. The standard InChI is InChI=1S/C16H27NO16S/c1-5(19)17-7-12(22)16(33-34(25,26)27,6(4-18)30-14(7)29-3)32-15-9(21)8(20)10(28-2)11(31-15)13(23)24/h6-12,14-15,18,20-22H,4H2,1-3H3,(H,17,19)(H,23,24)(H,25,26,27)/t6?,7?,8-,9?,10+,11?,12-,14-,15+,16+/m1/s1. The van der Waals surface area contributed by atoms with Gasteiger partial charge in [0, 0.05) is 21.1 Å². The van der Waals surface area contributed by atoms with Crippen molar-refractivity contribution >= 4 is 22.3 Å². The highest BCUT2D eigenvalue weighted by molar-refractivity contribution is 7.80. The largest absolute Gasteiger partial charge is 0.479 e. The van der Waals surface area contributed by atoms with Gasteiger partial charge < -0.3 is 54.5 Å². The summed E-state index contributed by atoms with van der Waals surface area (Å²) in [6, 6.07) is -1.65. The first kappa shape index (κ1) is 28.7. The van der Waals surface area contributed by atoms with Gasteiger partial charge in [-0.1, -0.05) is 0 Å². The van der Waals surface area contributed by atoms with Gasteiger partial charge in [-0.3, -0.25) is 9.35 Å². The monoisotopic (exact) mass is 521 g/mol. The van der Waals surface area contributed by atoms with Crippen LogP contribution in [0.25, 0.3) is 0 Å². The summed E-state index contributed by atoms with van der Waals surface area (Å²) in [5.41, 5.74) is 0. The van der Waals surface area contributed by atoms with Crippen molar-refractivity contribution in [3.05, 3.63) is 0 Å². The normalized spacial score (nSPS) is 41.1. The molecule has 198 valence electrons. The van der Waals surface area contributed by atoms with Gasteiger partial charge in [-0.15, -0.1) is 0 Å². The number of carbonyl (C=O) groups is 2. The van der Waals surface area contributed by atoms with E-state index in [0.717, 1.165) is 21.1 Å². The van der Waals surface area contributed by atoms with Crippen molar-refractivity contribution < 1.29 is 76.0 Å². The molecule has 17 nitrogen and oxygen atoms in total. The van der Waals surface area contributed by atoms with Crippen LogP contribution in [-0.4, -0.2) is 132 Å². The lowest BCUT2D eigenvalue weighted by atomic mass is 9.92. The predicted molar refractivity (Wildman–Crippen MR) is 102 cm³/mol. The summed E-state index contributed by atoms with van der Waals surface area (Å²) in [4.78, 5) is 23.2. The van der Waals surface area contributed by atoms with Gasteiger partial charge in [0.2, 0.25) is 11.7 Å². The first-order valence-corrected chi connectivity index (χ1v) is 11.0. The summed E-state index contributed by atoms with van der Waals surface area (Å²) in [5.74, 6) is -5.61. The molecule has 0 spiro atoms. The van der Waals surface area contributed by atoms with Crippen LogP contribution in [0.4, 0.5) is 0 Å². The van der Waals surface area contributed by atoms with Crippen molar-refractivity contribution in [2.45, 2.75) is 68.0 Å². The van der Waals surface area contributed by atoms with Gasteiger partial charge in [0.25, 0.3) is 0 Å². The minimum absolute atomic E-state index is 0.767. The number of aliphatic carboxylic acids is 1. The van der Waals surface area contributed by atoms with Gasteiger partial charge in [0.15, 0.2) is 18.7 Å². The first-order chi connectivity index (χ1) is 15.7. The van der Waals surface area contributed by atoms with Crippen molar-refractivity contribution in [3.8, 4) is 0 Å². The summed E-state index contributed by atoms with van der Waals surface area (Å²) >= 11 is 0. The number of carboxylic acids is 1. The Labute approximate surface area is 193 Å². The van der Waals surface area contributed by atoms with Gasteiger partial charge in [-0.2, -0.15) is 8.42 Å². The lowest BCUT2D eigenvalue weighted by Gasteiger charge is -2.52. The highest BCUT2D eigenvalue weighted by Gasteiger charge is 2.63. The van der Waals surface area contributed by atoms with Crippen LogP contribution in [0.1, 0.15) is 6.92 Å². The van der Waals surface area contributed by atoms with Gasteiger partial charge in [-0.25, -0.2) is 8.98 Å². The quantitative estimate of drug-likeness (QED) is 0.111. The van der Waals surface area contributed by atoms with Crippen LogP contribution >= 0.6 is 0 Å². The van der Waals surface area contributed by atoms with E-state index < -0.39 is 89.9 Å². The fraction of sp³-hybridized carbons (Fsp3) is 0.875. The van der Waals surface area contributed by atoms with Crippen LogP contribution < -0.4 is 5.32 Å². The molecule has 0 radical (unpaired) electrons. The number of nitrogens with one attached hydrogen (secondary N) is 1. The second-order valence-corrected chi connectivity index (χ2v) is 8.40. The molecule has 2 saturated heterocycles. The molecular weight excluding hydrogens is 494 g/mol. The van der Waals surface area contributed by atoms with Crippen LogP contribution in [0, 0.1) is 0 Å². The molecule has 4 unspecified atom stereocenters. The van der Waals surface area contributed by atoms with Crippen molar-refractivity contribution in [1.29, 1.82) is 0 Å². The molecule has 2 fully saturated rings. The molecule has 0 aliphatic carbocycles. The Morgan fingerprint density at radius 3 is 2.12 bits per heavy atom. The van der Waals surface area contributed by atoms with Gasteiger partial charge in [0.1, 0.15) is 36.6 Å². The Bertz CT molecular complexity index is 839. The molecule has 0 bridgehead atoms. The minimum atomic E-state index is -5.53. The summed E-state index contributed by atoms with van der Waals surface area (Å²) in [5, 5.41) is 53.1. The van der Waals surface area contributed by atoms with Gasteiger partial charge in [-0.05, 0) is 0 Å². The number of amides is 1. The van der Waals surface area contributed by atoms with Crippen molar-refractivity contribution in [3.63, 3.8) is 0 Å². The third-order valence-electron chi connectivity index (χ3n) is 5.16. The van der Waals surface area contributed by atoms with E-state index in [-0.39, 0.29) is 0 Å². The van der Waals surface area contributed by atoms with Crippen LogP contribution in [0.5, 0.6) is 0 Å². The maximum atomic E-state index is 11.7. The fourth-order valence-electron chi connectivity index (χ4n) is 3.70. The molecule has 10 atom stereocenters.